The van der Waals surface area contributed by atoms with E-state index in [4.69, 9.17) is 10.3 Å². The number of halogens is 1. The molecular formula is C9H10FN5OS. The van der Waals surface area contributed by atoms with Crippen molar-refractivity contribution in [2.75, 3.05) is 5.43 Å². The fraction of sp³-hybridized carbons (Fsp3) is 0.222. The number of nitrogens with zero attached hydrogens (tertiary/aromatic N) is 3. The lowest BCUT2D eigenvalue weighted by Crippen LogP contribution is -2.11. The number of anilines is 1. The maximum atomic E-state index is 13.4. The van der Waals surface area contributed by atoms with Crippen LogP contribution < -0.4 is 11.3 Å². The number of nitrogens with one attached hydrogen (secondary N) is 1. The van der Waals surface area contributed by atoms with Gasteiger partial charge in [0.1, 0.15) is 10.8 Å². The van der Waals surface area contributed by atoms with Gasteiger partial charge in [-0.3, -0.25) is 5.43 Å². The third-order valence-corrected chi connectivity index (χ3v) is 2.86. The molecule has 0 saturated heterocycles. The van der Waals surface area contributed by atoms with Crippen LogP contribution >= 0.6 is 11.8 Å². The quantitative estimate of drug-likeness (QED) is 0.489. The molecule has 0 aliphatic rings. The van der Waals surface area contributed by atoms with Crippen LogP contribution in [0.4, 0.5) is 10.3 Å². The SMILES string of the molecule is Cc1nc(Sc2nc(NN)ncc2F)oc1C. The molecular weight excluding hydrogens is 245 g/mol. The minimum absolute atomic E-state index is 0.106. The van der Waals surface area contributed by atoms with Crippen molar-refractivity contribution >= 4 is 17.7 Å². The summed E-state index contributed by atoms with van der Waals surface area (Å²) in [4.78, 5) is 11.6. The van der Waals surface area contributed by atoms with Gasteiger partial charge >= 0.3 is 0 Å². The van der Waals surface area contributed by atoms with Crippen molar-refractivity contribution in [1.29, 1.82) is 0 Å². The monoisotopic (exact) mass is 255 g/mol. The highest BCUT2D eigenvalue weighted by molar-refractivity contribution is 7.99. The van der Waals surface area contributed by atoms with Crippen LogP contribution in [-0.4, -0.2) is 15.0 Å². The van der Waals surface area contributed by atoms with E-state index in [1.807, 2.05) is 6.92 Å². The first kappa shape index (κ1) is 11.8. The predicted octanol–water partition coefficient (Wildman–Crippen LogP) is 1.66. The number of oxazole rings is 1. The van der Waals surface area contributed by atoms with Crippen LogP contribution in [0.25, 0.3) is 0 Å². The van der Waals surface area contributed by atoms with E-state index < -0.39 is 5.82 Å². The Balaban J connectivity index is 2.28. The largest absolute Gasteiger partial charge is 0.436 e. The zero-order valence-electron chi connectivity index (χ0n) is 9.19. The number of nitrogens with two attached hydrogens (primary N) is 1. The van der Waals surface area contributed by atoms with E-state index in [9.17, 15) is 4.39 Å². The lowest BCUT2D eigenvalue weighted by Gasteiger charge is -2.01. The minimum atomic E-state index is -0.553. The lowest BCUT2D eigenvalue weighted by atomic mass is 10.4. The zero-order chi connectivity index (χ0) is 12.4. The molecule has 90 valence electrons. The first-order valence-corrected chi connectivity index (χ1v) is 5.53. The van der Waals surface area contributed by atoms with Gasteiger partial charge in [-0.15, -0.1) is 0 Å². The van der Waals surface area contributed by atoms with E-state index in [0.717, 1.165) is 23.7 Å². The molecule has 6 nitrogen and oxygen atoms in total. The van der Waals surface area contributed by atoms with E-state index in [-0.39, 0.29) is 11.0 Å². The van der Waals surface area contributed by atoms with Crippen molar-refractivity contribution in [1.82, 2.24) is 15.0 Å². The van der Waals surface area contributed by atoms with Crippen LogP contribution in [0, 0.1) is 19.7 Å². The average molecular weight is 255 g/mol. The third-order valence-electron chi connectivity index (χ3n) is 2.03. The Bertz CT molecular complexity index is 525. The van der Waals surface area contributed by atoms with Gasteiger partial charge in [0.05, 0.1) is 11.9 Å². The van der Waals surface area contributed by atoms with E-state index >= 15 is 0 Å². The molecule has 0 fully saturated rings. The molecule has 0 atom stereocenters. The normalized spacial score (nSPS) is 10.6. The second kappa shape index (κ2) is 4.68. The number of hydrogen-bond acceptors (Lipinski definition) is 7. The summed E-state index contributed by atoms with van der Waals surface area (Å²) in [5, 5.41) is 0.440. The van der Waals surface area contributed by atoms with Gasteiger partial charge in [-0.2, -0.15) is 0 Å². The highest BCUT2D eigenvalue weighted by Crippen LogP contribution is 2.28. The molecule has 0 unspecified atom stereocenters. The maximum absolute atomic E-state index is 13.4. The molecule has 3 N–H and O–H groups in total. The molecule has 8 heteroatoms. The number of aryl methyl sites for hydroxylation is 2. The first-order valence-electron chi connectivity index (χ1n) is 4.71. The summed E-state index contributed by atoms with van der Waals surface area (Å²) in [5.74, 6) is 5.42. The van der Waals surface area contributed by atoms with E-state index in [1.165, 1.54) is 0 Å². The molecule has 0 aromatic carbocycles. The minimum Gasteiger partial charge on any atom is -0.436 e. The van der Waals surface area contributed by atoms with Crippen LogP contribution in [0.2, 0.25) is 0 Å². The molecule has 2 heterocycles. The van der Waals surface area contributed by atoms with Gasteiger partial charge in [-0.1, -0.05) is 0 Å². The Morgan fingerprint density at radius 2 is 2.18 bits per heavy atom. The predicted molar refractivity (Wildman–Crippen MR) is 59.9 cm³/mol. The van der Waals surface area contributed by atoms with Crippen molar-refractivity contribution in [2.45, 2.75) is 24.1 Å². The van der Waals surface area contributed by atoms with Gasteiger partial charge in [-0.25, -0.2) is 25.2 Å². The second-order valence-corrected chi connectivity index (χ2v) is 4.15. The molecule has 2 rings (SSSR count). The van der Waals surface area contributed by atoms with Crippen LogP contribution in [0.3, 0.4) is 0 Å². The number of hydrazine groups is 1. The fourth-order valence-corrected chi connectivity index (χ4v) is 1.86. The third kappa shape index (κ3) is 2.53. The summed E-state index contributed by atoms with van der Waals surface area (Å²) < 4.78 is 18.7. The topological polar surface area (TPSA) is 89.9 Å². The van der Waals surface area contributed by atoms with Gasteiger partial charge in [0.15, 0.2) is 5.82 Å². The van der Waals surface area contributed by atoms with Gasteiger partial charge in [0, 0.05) is 0 Å². The van der Waals surface area contributed by atoms with Crippen molar-refractivity contribution in [3.8, 4) is 0 Å². The highest BCUT2D eigenvalue weighted by atomic mass is 32.2. The Morgan fingerprint density at radius 1 is 1.41 bits per heavy atom. The number of nitrogen functional groups attached to an aromatic ring is 1. The second-order valence-electron chi connectivity index (χ2n) is 3.21. The van der Waals surface area contributed by atoms with Crippen LogP contribution in [-0.2, 0) is 0 Å². The Labute approximate surface area is 101 Å². The smallest absolute Gasteiger partial charge is 0.262 e. The molecule has 0 spiro atoms. The van der Waals surface area contributed by atoms with Gasteiger partial charge in [0.25, 0.3) is 5.22 Å². The molecule has 0 bridgehead atoms. The fourth-order valence-electron chi connectivity index (χ4n) is 1.06. The van der Waals surface area contributed by atoms with Crippen molar-refractivity contribution in [3.63, 3.8) is 0 Å². The highest BCUT2D eigenvalue weighted by Gasteiger charge is 2.13. The summed E-state index contributed by atoms with van der Waals surface area (Å²) in [5.41, 5.74) is 3.01. The van der Waals surface area contributed by atoms with E-state index in [1.54, 1.807) is 6.92 Å². The van der Waals surface area contributed by atoms with Crippen LogP contribution in [0.15, 0.2) is 20.9 Å². The molecule has 2 aromatic rings. The standard InChI is InChI=1S/C9H10FN5OS/c1-4-5(2)16-9(13-4)17-7-6(10)3-12-8(14-7)15-11/h3H,11H2,1-2H3,(H,12,14,15). The molecule has 0 radical (unpaired) electrons. The summed E-state index contributed by atoms with van der Waals surface area (Å²) in [6, 6.07) is 0. The summed E-state index contributed by atoms with van der Waals surface area (Å²) in [6.45, 7) is 3.60. The zero-order valence-corrected chi connectivity index (χ0v) is 10.0. The van der Waals surface area contributed by atoms with Crippen LogP contribution in [0.1, 0.15) is 11.5 Å². The summed E-state index contributed by atoms with van der Waals surface area (Å²) in [6.07, 6.45) is 1.03. The Kier molecular flexibility index (Phi) is 3.25. The van der Waals surface area contributed by atoms with Crippen molar-refractivity contribution < 1.29 is 8.81 Å². The van der Waals surface area contributed by atoms with E-state index in [0.29, 0.717) is 11.0 Å². The number of hydrogen-bond donors (Lipinski definition) is 2. The molecule has 0 aliphatic carbocycles. The molecule has 17 heavy (non-hydrogen) atoms. The summed E-state index contributed by atoms with van der Waals surface area (Å²) in [7, 11) is 0. The molecule has 0 saturated carbocycles. The Hall–Kier alpha value is -1.67. The average Bonchev–Trinajstić information content (AvgIpc) is 2.61. The Morgan fingerprint density at radius 3 is 2.76 bits per heavy atom. The molecule has 0 aliphatic heterocycles. The molecule has 0 amide bonds. The number of aromatic nitrogens is 3. The molecule has 2 aromatic heterocycles. The summed E-state index contributed by atoms with van der Waals surface area (Å²) >= 11 is 0.979. The van der Waals surface area contributed by atoms with E-state index in [2.05, 4.69) is 20.4 Å². The number of rotatable bonds is 3. The van der Waals surface area contributed by atoms with Crippen LogP contribution in [0.5, 0.6) is 0 Å². The lowest BCUT2D eigenvalue weighted by molar-refractivity contribution is 0.430. The van der Waals surface area contributed by atoms with Crippen molar-refractivity contribution in [2.24, 2.45) is 5.84 Å². The first-order chi connectivity index (χ1) is 8.10. The van der Waals surface area contributed by atoms with Crippen molar-refractivity contribution in [3.05, 3.63) is 23.5 Å². The maximum Gasteiger partial charge on any atom is 0.262 e. The van der Waals surface area contributed by atoms with Gasteiger partial charge in [0.2, 0.25) is 5.95 Å². The van der Waals surface area contributed by atoms with Gasteiger partial charge in [-0.05, 0) is 25.6 Å². The van der Waals surface area contributed by atoms with Gasteiger partial charge < -0.3 is 4.42 Å².